The Balaban J connectivity index is 2.14. The molecule has 0 aromatic heterocycles. The second-order valence-electron chi connectivity index (χ2n) is 5.45. The number of nitrogen functional groups attached to an aromatic ring is 1. The van der Waals surface area contributed by atoms with Crippen LogP contribution in [-0.4, -0.2) is 14.5 Å². The molecule has 0 heterocycles. The number of rotatable bonds is 5. The van der Waals surface area contributed by atoms with Gasteiger partial charge in [0.1, 0.15) is 4.90 Å². The lowest BCUT2D eigenvalue weighted by Gasteiger charge is -2.28. The van der Waals surface area contributed by atoms with E-state index in [1.54, 1.807) is 24.3 Å². The maximum absolute atomic E-state index is 12.5. The van der Waals surface area contributed by atoms with E-state index in [4.69, 9.17) is 5.84 Å². The van der Waals surface area contributed by atoms with E-state index < -0.39 is 10.0 Å². The smallest absolute Gasteiger partial charge is 0.242 e. The monoisotopic (exact) mass is 297 g/mol. The van der Waals surface area contributed by atoms with E-state index >= 15 is 0 Å². The molecule has 20 heavy (non-hydrogen) atoms. The van der Waals surface area contributed by atoms with Crippen molar-refractivity contribution in [3.05, 3.63) is 24.3 Å². The molecule has 1 atom stereocenters. The molecule has 1 saturated carbocycles. The van der Waals surface area contributed by atoms with Crippen LogP contribution in [0.2, 0.25) is 0 Å². The van der Waals surface area contributed by atoms with Crippen LogP contribution in [0.1, 0.15) is 39.0 Å². The molecule has 0 saturated heterocycles. The fraction of sp³-hybridized carbons (Fsp3) is 0.571. The molecule has 1 aromatic carbocycles. The molecule has 0 aliphatic heterocycles. The minimum Gasteiger partial charge on any atom is -0.323 e. The molecule has 0 bridgehead atoms. The van der Waals surface area contributed by atoms with E-state index in [9.17, 15) is 8.42 Å². The standard InChI is InChI=1S/C14H23N3O2S/c1-11(12-7-3-2-4-8-12)17-20(18,19)14-10-6-5-9-13(14)16-15/h5-6,9-12,16-17H,2-4,7-8,15H2,1H3. The zero-order valence-corrected chi connectivity index (χ0v) is 12.6. The number of benzene rings is 1. The van der Waals surface area contributed by atoms with Gasteiger partial charge in [0.05, 0.1) is 5.69 Å². The summed E-state index contributed by atoms with van der Waals surface area (Å²) in [4.78, 5) is 0.199. The molecule has 5 nitrogen and oxygen atoms in total. The fourth-order valence-electron chi connectivity index (χ4n) is 2.86. The molecular formula is C14H23N3O2S. The van der Waals surface area contributed by atoms with Crippen LogP contribution in [0.5, 0.6) is 0 Å². The molecule has 0 radical (unpaired) electrons. The van der Waals surface area contributed by atoms with E-state index in [1.807, 2.05) is 6.92 Å². The van der Waals surface area contributed by atoms with Crippen LogP contribution in [0, 0.1) is 5.92 Å². The van der Waals surface area contributed by atoms with Gasteiger partial charge in [0, 0.05) is 6.04 Å². The zero-order valence-electron chi connectivity index (χ0n) is 11.8. The van der Waals surface area contributed by atoms with Gasteiger partial charge in [-0.2, -0.15) is 0 Å². The summed E-state index contributed by atoms with van der Waals surface area (Å²) < 4.78 is 27.7. The quantitative estimate of drug-likeness (QED) is 0.575. The Bertz CT molecular complexity index is 539. The van der Waals surface area contributed by atoms with E-state index in [2.05, 4.69) is 10.1 Å². The molecule has 0 amide bonds. The van der Waals surface area contributed by atoms with Crippen molar-refractivity contribution in [3.63, 3.8) is 0 Å². The topological polar surface area (TPSA) is 84.2 Å². The molecule has 6 heteroatoms. The van der Waals surface area contributed by atoms with Crippen molar-refractivity contribution in [2.24, 2.45) is 11.8 Å². The molecule has 1 fully saturated rings. The van der Waals surface area contributed by atoms with Gasteiger partial charge < -0.3 is 5.43 Å². The number of hydrogen-bond donors (Lipinski definition) is 3. The Hall–Kier alpha value is -1.11. The molecule has 2 rings (SSSR count). The van der Waals surface area contributed by atoms with Gasteiger partial charge in [-0.25, -0.2) is 13.1 Å². The Morgan fingerprint density at radius 1 is 1.20 bits per heavy atom. The summed E-state index contributed by atoms with van der Waals surface area (Å²) in [6, 6.07) is 6.61. The van der Waals surface area contributed by atoms with E-state index in [1.165, 1.54) is 19.3 Å². The third-order valence-electron chi connectivity index (χ3n) is 4.03. The lowest BCUT2D eigenvalue weighted by Crippen LogP contribution is -2.39. The summed E-state index contributed by atoms with van der Waals surface area (Å²) in [6.45, 7) is 1.95. The van der Waals surface area contributed by atoms with Crippen LogP contribution >= 0.6 is 0 Å². The highest BCUT2D eigenvalue weighted by molar-refractivity contribution is 7.89. The molecule has 1 aliphatic carbocycles. The molecule has 112 valence electrons. The van der Waals surface area contributed by atoms with Gasteiger partial charge in [0.15, 0.2) is 0 Å². The summed E-state index contributed by atoms with van der Waals surface area (Å²) in [7, 11) is -3.54. The lowest BCUT2D eigenvalue weighted by molar-refractivity contribution is 0.303. The van der Waals surface area contributed by atoms with Crippen molar-refractivity contribution >= 4 is 15.7 Å². The SMILES string of the molecule is CC(NS(=O)(=O)c1ccccc1NN)C1CCCCC1. The van der Waals surface area contributed by atoms with Gasteiger partial charge in [0.2, 0.25) is 10.0 Å². The summed E-state index contributed by atoms with van der Waals surface area (Å²) in [5.74, 6) is 5.81. The van der Waals surface area contributed by atoms with Crippen molar-refractivity contribution in [2.75, 3.05) is 5.43 Å². The Morgan fingerprint density at radius 3 is 2.50 bits per heavy atom. The van der Waals surface area contributed by atoms with Gasteiger partial charge >= 0.3 is 0 Å². The molecular weight excluding hydrogens is 274 g/mol. The first kappa shape index (κ1) is 15.3. The van der Waals surface area contributed by atoms with Gasteiger partial charge in [-0.3, -0.25) is 5.84 Å². The second kappa shape index (κ2) is 6.56. The van der Waals surface area contributed by atoms with Crippen molar-refractivity contribution in [1.82, 2.24) is 4.72 Å². The largest absolute Gasteiger partial charge is 0.323 e. The number of nitrogens with one attached hydrogen (secondary N) is 2. The number of nitrogens with two attached hydrogens (primary N) is 1. The highest BCUT2D eigenvalue weighted by Gasteiger charge is 2.26. The number of hydrazine groups is 1. The minimum atomic E-state index is -3.54. The summed E-state index contributed by atoms with van der Waals surface area (Å²) in [5.41, 5.74) is 2.85. The Morgan fingerprint density at radius 2 is 1.85 bits per heavy atom. The first-order valence-corrected chi connectivity index (χ1v) is 8.61. The fourth-order valence-corrected chi connectivity index (χ4v) is 4.34. The van der Waals surface area contributed by atoms with Crippen LogP contribution < -0.4 is 16.0 Å². The normalized spacial score (nSPS) is 18.7. The van der Waals surface area contributed by atoms with Gasteiger partial charge in [-0.05, 0) is 37.8 Å². The highest BCUT2D eigenvalue weighted by atomic mass is 32.2. The maximum atomic E-state index is 12.5. The number of para-hydroxylation sites is 1. The predicted octanol–water partition coefficient (Wildman–Crippen LogP) is 2.22. The highest BCUT2D eigenvalue weighted by Crippen LogP contribution is 2.28. The predicted molar refractivity (Wildman–Crippen MR) is 80.6 cm³/mol. The van der Waals surface area contributed by atoms with Crippen LogP contribution in [0.4, 0.5) is 5.69 Å². The number of hydrogen-bond acceptors (Lipinski definition) is 4. The van der Waals surface area contributed by atoms with Gasteiger partial charge in [0.25, 0.3) is 0 Å². The molecule has 1 unspecified atom stereocenters. The van der Waals surface area contributed by atoms with Crippen LogP contribution in [0.3, 0.4) is 0 Å². The average molecular weight is 297 g/mol. The summed E-state index contributed by atoms with van der Waals surface area (Å²) in [5, 5.41) is 0. The number of sulfonamides is 1. The average Bonchev–Trinajstić information content (AvgIpc) is 2.47. The summed E-state index contributed by atoms with van der Waals surface area (Å²) >= 11 is 0. The van der Waals surface area contributed by atoms with Crippen molar-refractivity contribution < 1.29 is 8.42 Å². The maximum Gasteiger partial charge on any atom is 0.242 e. The zero-order chi connectivity index (χ0) is 14.6. The van der Waals surface area contributed by atoms with Gasteiger partial charge in [-0.1, -0.05) is 31.4 Å². The van der Waals surface area contributed by atoms with E-state index in [0.29, 0.717) is 11.6 Å². The second-order valence-corrected chi connectivity index (χ2v) is 7.13. The number of anilines is 1. The first-order chi connectivity index (χ1) is 9.54. The Kier molecular flexibility index (Phi) is 5.01. The van der Waals surface area contributed by atoms with E-state index in [0.717, 1.165) is 12.8 Å². The third kappa shape index (κ3) is 3.50. The third-order valence-corrected chi connectivity index (χ3v) is 5.65. The molecule has 1 aliphatic rings. The Labute approximate surface area is 121 Å². The van der Waals surface area contributed by atoms with Crippen LogP contribution in [0.25, 0.3) is 0 Å². The lowest BCUT2D eigenvalue weighted by atomic mass is 9.85. The summed E-state index contributed by atoms with van der Waals surface area (Å²) in [6.07, 6.45) is 5.84. The molecule has 0 spiro atoms. The van der Waals surface area contributed by atoms with Crippen molar-refractivity contribution in [2.45, 2.75) is 50.0 Å². The van der Waals surface area contributed by atoms with Crippen LogP contribution in [-0.2, 0) is 10.0 Å². The van der Waals surface area contributed by atoms with Crippen molar-refractivity contribution in [1.29, 1.82) is 0 Å². The van der Waals surface area contributed by atoms with Crippen molar-refractivity contribution in [3.8, 4) is 0 Å². The van der Waals surface area contributed by atoms with Gasteiger partial charge in [-0.15, -0.1) is 0 Å². The molecule has 1 aromatic rings. The van der Waals surface area contributed by atoms with Crippen LogP contribution in [0.15, 0.2) is 29.2 Å². The minimum absolute atomic E-state index is 0.0499. The first-order valence-electron chi connectivity index (χ1n) is 7.12. The van der Waals surface area contributed by atoms with E-state index in [-0.39, 0.29) is 10.9 Å². The molecule has 4 N–H and O–H groups in total.